The predicted octanol–water partition coefficient (Wildman–Crippen LogP) is 2.35. The van der Waals surface area contributed by atoms with Crippen LogP contribution in [0.2, 0.25) is 0 Å². The summed E-state index contributed by atoms with van der Waals surface area (Å²) in [6, 6.07) is 5.43. The molecule has 0 spiro atoms. The fourth-order valence-corrected chi connectivity index (χ4v) is 4.55. The third-order valence-electron chi connectivity index (χ3n) is 3.07. The van der Waals surface area contributed by atoms with Crippen molar-refractivity contribution < 1.29 is 13.5 Å². The van der Waals surface area contributed by atoms with Crippen LogP contribution in [0.4, 0.5) is 0 Å². The Labute approximate surface area is 136 Å². The maximum absolute atomic E-state index is 12.2. The van der Waals surface area contributed by atoms with E-state index in [9.17, 15) is 13.5 Å². The number of aryl methyl sites for hydroxylation is 1. The lowest BCUT2D eigenvalue weighted by atomic mass is 10.3. The average molecular weight is 393 g/mol. The Morgan fingerprint density at radius 3 is 2.71 bits per heavy atom. The molecule has 0 amide bonds. The van der Waals surface area contributed by atoms with E-state index < -0.39 is 10.0 Å². The largest absolute Gasteiger partial charge is 0.390 e. The van der Waals surface area contributed by atoms with E-state index >= 15 is 0 Å². The van der Waals surface area contributed by atoms with Gasteiger partial charge in [0.25, 0.3) is 0 Å². The first-order valence-corrected chi connectivity index (χ1v) is 9.59. The number of nitrogens with zero attached hydrogens (tertiary/aromatic N) is 1. The fourth-order valence-electron chi connectivity index (χ4n) is 1.98. The number of aliphatic hydroxyl groups is 1. The average Bonchev–Trinajstić information content (AvgIpc) is 3.04. The van der Waals surface area contributed by atoms with Gasteiger partial charge < -0.3 is 9.67 Å². The Morgan fingerprint density at radius 2 is 2.19 bits per heavy atom. The highest BCUT2D eigenvalue weighted by atomic mass is 79.9. The zero-order chi connectivity index (χ0) is 15.5. The lowest BCUT2D eigenvalue weighted by Crippen LogP contribution is -2.25. The minimum absolute atomic E-state index is 0.174. The van der Waals surface area contributed by atoms with Crippen molar-refractivity contribution in [2.75, 3.05) is 6.54 Å². The summed E-state index contributed by atoms with van der Waals surface area (Å²) in [4.78, 5) is 1.31. The summed E-state index contributed by atoms with van der Waals surface area (Å²) >= 11 is 4.97. The number of nitrogens with one attached hydrogen (secondary N) is 1. The molecule has 21 heavy (non-hydrogen) atoms. The smallest absolute Gasteiger partial charge is 0.242 e. The second-order valence-corrected chi connectivity index (χ2v) is 8.78. The second kappa shape index (κ2) is 7.06. The van der Waals surface area contributed by atoms with Crippen molar-refractivity contribution in [3.05, 3.63) is 38.8 Å². The summed E-state index contributed by atoms with van der Waals surface area (Å²) in [5, 5.41) is 9.22. The van der Waals surface area contributed by atoms with E-state index in [-0.39, 0.29) is 11.5 Å². The fraction of sp³-hybridized carbons (Fsp3) is 0.385. The van der Waals surface area contributed by atoms with Crippen LogP contribution in [0.5, 0.6) is 0 Å². The Hall–Kier alpha value is -0.670. The minimum atomic E-state index is -3.53. The van der Waals surface area contributed by atoms with Gasteiger partial charge in [-0.2, -0.15) is 0 Å². The van der Waals surface area contributed by atoms with Gasteiger partial charge in [0.1, 0.15) is 0 Å². The Balaban J connectivity index is 2.02. The van der Waals surface area contributed by atoms with Gasteiger partial charge in [-0.3, -0.25) is 0 Å². The maximum atomic E-state index is 12.2. The molecule has 116 valence electrons. The molecule has 2 N–H and O–H groups in total. The standard InChI is InChI=1S/C13H17BrN2O3S2/c1-2-16-8-12(7-10(16)9-17)21(18,19)15-6-5-11-3-4-13(14)20-11/h3-4,7-8,15,17H,2,5-6,9H2,1H3. The van der Waals surface area contributed by atoms with Crippen LogP contribution in [0.15, 0.2) is 33.1 Å². The normalized spacial score (nSPS) is 12.0. The molecule has 2 heterocycles. The van der Waals surface area contributed by atoms with Crippen molar-refractivity contribution in [3.63, 3.8) is 0 Å². The third kappa shape index (κ3) is 4.17. The van der Waals surface area contributed by atoms with Crippen molar-refractivity contribution in [1.82, 2.24) is 9.29 Å². The van der Waals surface area contributed by atoms with Crippen molar-refractivity contribution in [2.45, 2.75) is 31.4 Å². The van der Waals surface area contributed by atoms with Crippen LogP contribution in [-0.2, 0) is 29.6 Å². The van der Waals surface area contributed by atoms with Crippen LogP contribution in [0.25, 0.3) is 0 Å². The van der Waals surface area contributed by atoms with Gasteiger partial charge >= 0.3 is 0 Å². The van der Waals surface area contributed by atoms with Crippen LogP contribution in [-0.4, -0.2) is 24.6 Å². The van der Waals surface area contributed by atoms with Gasteiger partial charge in [-0.1, -0.05) is 0 Å². The quantitative estimate of drug-likeness (QED) is 0.759. The second-order valence-electron chi connectivity index (χ2n) is 4.46. The van der Waals surface area contributed by atoms with Gasteiger partial charge in [-0.15, -0.1) is 11.3 Å². The number of aromatic nitrogens is 1. The number of hydrogen-bond donors (Lipinski definition) is 2. The van der Waals surface area contributed by atoms with E-state index in [4.69, 9.17) is 0 Å². The summed E-state index contributed by atoms with van der Waals surface area (Å²) < 4.78 is 29.8. The van der Waals surface area contributed by atoms with Gasteiger partial charge in [0.2, 0.25) is 10.0 Å². The highest BCUT2D eigenvalue weighted by Crippen LogP contribution is 2.22. The topological polar surface area (TPSA) is 71.3 Å². The van der Waals surface area contributed by atoms with Gasteiger partial charge in [-0.25, -0.2) is 13.1 Å². The highest BCUT2D eigenvalue weighted by molar-refractivity contribution is 9.11. The van der Waals surface area contributed by atoms with E-state index in [0.717, 1.165) is 8.66 Å². The SMILES string of the molecule is CCn1cc(S(=O)(=O)NCCc2ccc(Br)s2)cc1CO. The number of aliphatic hydroxyl groups excluding tert-OH is 1. The summed E-state index contributed by atoms with van der Waals surface area (Å²) in [5.41, 5.74) is 0.597. The van der Waals surface area contributed by atoms with E-state index in [1.165, 1.54) is 6.07 Å². The van der Waals surface area contributed by atoms with Crippen LogP contribution in [0, 0.1) is 0 Å². The minimum Gasteiger partial charge on any atom is -0.390 e. The number of halogens is 1. The lowest BCUT2D eigenvalue weighted by Gasteiger charge is -2.04. The van der Waals surface area contributed by atoms with Gasteiger partial charge in [0.15, 0.2) is 0 Å². The number of sulfonamides is 1. The lowest BCUT2D eigenvalue weighted by molar-refractivity contribution is 0.271. The molecule has 0 aromatic carbocycles. The van der Waals surface area contributed by atoms with Crippen LogP contribution >= 0.6 is 27.3 Å². The van der Waals surface area contributed by atoms with Crippen molar-refractivity contribution in [3.8, 4) is 0 Å². The molecule has 5 nitrogen and oxygen atoms in total. The van der Waals surface area contributed by atoms with E-state index in [1.54, 1.807) is 22.1 Å². The third-order valence-corrected chi connectivity index (χ3v) is 6.18. The molecule has 0 atom stereocenters. The highest BCUT2D eigenvalue weighted by Gasteiger charge is 2.17. The molecule has 0 aliphatic rings. The molecule has 0 saturated heterocycles. The molecule has 8 heteroatoms. The van der Waals surface area contributed by atoms with Crippen molar-refractivity contribution >= 4 is 37.3 Å². The van der Waals surface area contributed by atoms with Gasteiger partial charge in [-0.05, 0) is 47.5 Å². The van der Waals surface area contributed by atoms with Crippen LogP contribution in [0.3, 0.4) is 0 Å². The molecular weight excluding hydrogens is 376 g/mol. The molecule has 0 unspecified atom stereocenters. The van der Waals surface area contributed by atoms with E-state index in [2.05, 4.69) is 20.7 Å². The van der Waals surface area contributed by atoms with Crippen LogP contribution < -0.4 is 4.72 Å². The number of thiophene rings is 1. The molecule has 0 fully saturated rings. The number of hydrogen-bond acceptors (Lipinski definition) is 4. The Morgan fingerprint density at radius 1 is 1.43 bits per heavy atom. The first kappa shape index (κ1) is 16.7. The molecule has 0 aliphatic heterocycles. The Bertz CT molecular complexity index is 685. The van der Waals surface area contributed by atoms with Crippen molar-refractivity contribution in [1.29, 1.82) is 0 Å². The summed E-state index contributed by atoms with van der Waals surface area (Å²) in [6.07, 6.45) is 2.20. The first-order chi connectivity index (χ1) is 9.96. The van der Waals surface area contributed by atoms with Crippen LogP contribution in [0.1, 0.15) is 17.5 Å². The first-order valence-electron chi connectivity index (χ1n) is 6.50. The zero-order valence-electron chi connectivity index (χ0n) is 11.5. The summed E-state index contributed by atoms with van der Waals surface area (Å²) in [5.74, 6) is 0. The molecule has 2 aromatic rings. The summed E-state index contributed by atoms with van der Waals surface area (Å²) in [7, 11) is -3.53. The molecule has 0 aliphatic carbocycles. The summed E-state index contributed by atoms with van der Waals surface area (Å²) in [6.45, 7) is 2.69. The van der Waals surface area contributed by atoms with Gasteiger partial charge in [0, 0.05) is 29.9 Å². The van der Waals surface area contributed by atoms with E-state index in [0.29, 0.717) is 25.2 Å². The molecule has 0 bridgehead atoms. The molecule has 2 aromatic heterocycles. The molecule has 0 saturated carbocycles. The maximum Gasteiger partial charge on any atom is 0.242 e. The van der Waals surface area contributed by atoms with Gasteiger partial charge in [0.05, 0.1) is 15.3 Å². The zero-order valence-corrected chi connectivity index (χ0v) is 14.8. The molecular formula is C13H17BrN2O3S2. The Kier molecular flexibility index (Phi) is 5.61. The van der Waals surface area contributed by atoms with Crippen molar-refractivity contribution in [2.24, 2.45) is 0 Å². The molecule has 2 rings (SSSR count). The number of rotatable bonds is 7. The van der Waals surface area contributed by atoms with E-state index in [1.807, 2.05) is 19.1 Å². The monoisotopic (exact) mass is 392 g/mol. The predicted molar refractivity (Wildman–Crippen MR) is 86.9 cm³/mol. The molecule has 0 radical (unpaired) electrons.